The van der Waals surface area contributed by atoms with Gasteiger partial charge in [-0.2, -0.15) is 0 Å². The van der Waals surface area contributed by atoms with E-state index in [2.05, 4.69) is 0 Å². The van der Waals surface area contributed by atoms with Crippen molar-refractivity contribution in [1.29, 1.82) is 0 Å². The molecule has 0 saturated carbocycles. The molecule has 1 aromatic rings. The predicted molar refractivity (Wildman–Crippen MR) is 103 cm³/mol. The molecule has 1 fully saturated rings. The summed E-state index contributed by atoms with van der Waals surface area (Å²) in [5, 5.41) is 0. The van der Waals surface area contributed by atoms with Crippen LogP contribution in [0.2, 0.25) is 0 Å². The Morgan fingerprint density at radius 3 is 2.04 bits per heavy atom. The second kappa shape index (κ2) is 7.49. The van der Waals surface area contributed by atoms with Gasteiger partial charge in [0.05, 0.1) is 6.04 Å². The van der Waals surface area contributed by atoms with Gasteiger partial charge in [0.2, 0.25) is 5.91 Å². The van der Waals surface area contributed by atoms with Gasteiger partial charge in [0, 0.05) is 24.5 Å². The summed E-state index contributed by atoms with van der Waals surface area (Å²) in [6.07, 6.45) is -0.425. The largest absolute Gasteiger partial charge is 0.444 e. The third kappa shape index (κ3) is 5.21. The Kier molecular flexibility index (Phi) is 5.88. The minimum atomic E-state index is -0.619. The van der Waals surface area contributed by atoms with Crippen molar-refractivity contribution in [2.24, 2.45) is 5.41 Å². The highest BCUT2D eigenvalue weighted by atomic mass is 19.1. The highest BCUT2D eigenvalue weighted by Crippen LogP contribution is 2.32. The zero-order valence-electron chi connectivity index (χ0n) is 17.4. The van der Waals surface area contributed by atoms with Crippen LogP contribution < -0.4 is 0 Å². The summed E-state index contributed by atoms with van der Waals surface area (Å²) >= 11 is 0. The lowest BCUT2D eigenvalue weighted by molar-refractivity contribution is -0.145. The number of nitrogens with zero attached hydrogens (tertiary/aromatic N) is 2. The number of ether oxygens (including phenoxy) is 1. The molecule has 2 amide bonds. The summed E-state index contributed by atoms with van der Waals surface area (Å²) in [6.45, 7) is 13.8. The average molecular weight is 378 g/mol. The van der Waals surface area contributed by atoms with Crippen molar-refractivity contribution in [3.8, 4) is 0 Å². The Balaban J connectivity index is 2.37. The van der Waals surface area contributed by atoms with Crippen LogP contribution in [0.5, 0.6) is 0 Å². The molecule has 5 nitrogen and oxygen atoms in total. The number of hydrogen-bond acceptors (Lipinski definition) is 3. The Hall–Kier alpha value is -2.11. The van der Waals surface area contributed by atoms with Crippen LogP contribution in [0.3, 0.4) is 0 Å². The molecule has 0 unspecified atom stereocenters. The molecule has 1 heterocycles. The maximum absolute atomic E-state index is 13.4. The van der Waals surface area contributed by atoms with Crippen LogP contribution in [0.1, 0.15) is 60.1 Å². The number of carbonyl (C=O) groups is 2. The lowest BCUT2D eigenvalue weighted by Gasteiger charge is -2.47. The van der Waals surface area contributed by atoms with Crippen molar-refractivity contribution in [2.45, 2.75) is 66.2 Å². The van der Waals surface area contributed by atoms with Gasteiger partial charge in [0.15, 0.2) is 0 Å². The number of halogens is 1. The number of carbonyl (C=O) groups excluding carboxylic acids is 2. The molecule has 0 radical (unpaired) electrons. The minimum Gasteiger partial charge on any atom is -0.444 e. The van der Waals surface area contributed by atoms with Gasteiger partial charge < -0.3 is 9.64 Å². The number of hydrogen-bond donors (Lipinski definition) is 0. The van der Waals surface area contributed by atoms with Crippen LogP contribution in [0, 0.1) is 11.2 Å². The molecule has 150 valence electrons. The van der Waals surface area contributed by atoms with E-state index >= 15 is 0 Å². The van der Waals surface area contributed by atoms with Gasteiger partial charge in [0.25, 0.3) is 0 Å². The van der Waals surface area contributed by atoms with Crippen molar-refractivity contribution in [3.05, 3.63) is 35.6 Å². The van der Waals surface area contributed by atoms with Gasteiger partial charge in [-0.25, -0.2) is 9.18 Å². The van der Waals surface area contributed by atoms with Gasteiger partial charge >= 0.3 is 6.09 Å². The van der Waals surface area contributed by atoms with Crippen molar-refractivity contribution >= 4 is 12.0 Å². The van der Waals surface area contributed by atoms with E-state index in [-0.39, 0.29) is 23.8 Å². The van der Waals surface area contributed by atoms with E-state index in [1.807, 2.05) is 53.4 Å². The maximum atomic E-state index is 13.4. The van der Waals surface area contributed by atoms with E-state index in [0.717, 1.165) is 5.56 Å². The van der Waals surface area contributed by atoms with Crippen LogP contribution in [0.15, 0.2) is 24.3 Å². The molecule has 27 heavy (non-hydrogen) atoms. The van der Waals surface area contributed by atoms with Crippen LogP contribution >= 0.6 is 0 Å². The summed E-state index contributed by atoms with van der Waals surface area (Å²) in [7, 11) is 0. The molecule has 0 N–H and O–H groups in total. The van der Waals surface area contributed by atoms with E-state index < -0.39 is 17.1 Å². The first-order valence-electron chi connectivity index (χ1n) is 9.36. The molecular weight excluding hydrogens is 347 g/mol. The van der Waals surface area contributed by atoms with Gasteiger partial charge in [-0.05, 0) is 45.4 Å². The summed E-state index contributed by atoms with van der Waals surface area (Å²) in [6, 6.07) is 5.54. The number of piperazine rings is 1. The lowest BCUT2D eigenvalue weighted by Crippen LogP contribution is -2.59. The smallest absolute Gasteiger partial charge is 0.410 e. The van der Waals surface area contributed by atoms with Crippen molar-refractivity contribution in [2.75, 3.05) is 13.1 Å². The molecule has 2 rings (SSSR count). The van der Waals surface area contributed by atoms with Gasteiger partial charge in [-0.15, -0.1) is 0 Å². The van der Waals surface area contributed by atoms with E-state index in [4.69, 9.17) is 4.74 Å². The van der Waals surface area contributed by atoms with Crippen molar-refractivity contribution < 1.29 is 18.7 Å². The molecule has 0 aliphatic carbocycles. The van der Waals surface area contributed by atoms with Crippen LogP contribution in [0.25, 0.3) is 0 Å². The van der Waals surface area contributed by atoms with Crippen LogP contribution in [-0.4, -0.2) is 46.5 Å². The molecule has 2 atom stereocenters. The highest BCUT2D eigenvalue weighted by Gasteiger charge is 2.41. The van der Waals surface area contributed by atoms with Gasteiger partial charge in [0.1, 0.15) is 11.4 Å². The normalized spacial score (nSPS) is 21.2. The summed E-state index contributed by atoms with van der Waals surface area (Å²) in [4.78, 5) is 29.2. The Morgan fingerprint density at radius 2 is 1.56 bits per heavy atom. The van der Waals surface area contributed by atoms with Crippen LogP contribution in [-0.2, 0) is 9.53 Å². The maximum Gasteiger partial charge on any atom is 0.410 e. The first-order valence-corrected chi connectivity index (χ1v) is 9.36. The fourth-order valence-corrected chi connectivity index (χ4v) is 3.18. The molecule has 1 aromatic carbocycles. The molecule has 1 aliphatic rings. The summed E-state index contributed by atoms with van der Waals surface area (Å²) in [5.41, 5.74) is -0.359. The molecule has 1 aliphatic heterocycles. The number of amides is 2. The van der Waals surface area contributed by atoms with Crippen molar-refractivity contribution in [1.82, 2.24) is 9.80 Å². The molecule has 0 spiro atoms. The second-order valence-electron chi connectivity index (χ2n) is 9.26. The predicted octanol–water partition coefficient (Wildman–Crippen LogP) is 4.38. The monoisotopic (exact) mass is 378 g/mol. The molecule has 0 aromatic heterocycles. The van der Waals surface area contributed by atoms with Crippen LogP contribution in [0.4, 0.5) is 9.18 Å². The minimum absolute atomic E-state index is 0.0333. The highest BCUT2D eigenvalue weighted by molar-refractivity contribution is 5.82. The standard InChI is InChI=1S/C21H31FN2O3/c1-14-12-24(19(26)27-21(5,6)7)17(15-8-10-16(22)11-9-15)13-23(14)18(25)20(2,3)4/h8-11,14,17H,12-13H2,1-7H3/t14-,17-/m1/s1. The number of rotatable bonds is 1. The molecule has 0 bridgehead atoms. The first-order chi connectivity index (χ1) is 12.3. The van der Waals surface area contributed by atoms with Gasteiger partial charge in [-0.3, -0.25) is 9.69 Å². The van der Waals surface area contributed by atoms with E-state index in [1.165, 1.54) is 12.1 Å². The Labute approximate surface area is 161 Å². The Morgan fingerprint density at radius 1 is 1.00 bits per heavy atom. The zero-order chi connectivity index (χ0) is 20.6. The Bertz CT molecular complexity index is 689. The third-order valence-corrected chi connectivity index (χ3v) is 4.52. The lowest BCUT2D eigenvalue weighted by atomic mass is 9.91. The SMILES string of the molecule is C[C@@H]1CN(C(=O)OC(C)(C)C)[C@@H](c2ccc(F)cc2)CN1C(=O)C(C)(C)C. The fourth-order valence-electron chi connectivity index (χ4n) is 3.18. The van der Waals surface area contributed by atoms with E-state index in [1.54, 1.807) is 17.0 Å². The second-order valence-corrected chi connectivity index (χ2v) is 9.26. The number of benzene rings is 1. The molecule has 1 saturated heterocycles. The third-order valence-electron chi connectivity index (χ3n) is 4.52. The van der Waals surface area contributed by atoms with Crippen molar-refractivity contribution in [3.63, 3.8) is 0 Å². The zero-order valence-corrected chi connectivity index (χ0v) is 17.4. The van der Waals surface area contributed by atoms with E-state index in [0.29, 0.717) is 13.1 Å². The first kappa shape index (κ1) is 21.2. The molecule has 6 heteroatoms. The molecular formula is C21H31FN2O3. The van der Waals surface area contributed by atoms with Gasteiger partial charge in [-0.1, -0.05) is 32.9 Å². The summed E-state index contributed by atoms with van der Waals surface area (Å²) in [5.74, 6) is -0.305. The fraction of sp³-hybridized carbons (Fsp3) is 0.619. The summed E-state index contributed by atoms with van der Waals surface area (Å²) < 4.78 is 19.0. The average Bonchev–Trinajstić information content (AvgIpc) is 2.52. The van der Waals surface area contributed by atoms with E-state index in [9.17, 15) is 14.0 Å². The quantitative estimate of drug-likeness (QED) is 0.729. The topological polar surface area (TPSA) is 49.9 Å².